The molecule has 0 unspecified atom stereocenters. The zero-order valence-electron chi connectivity index (χ0n) is 14.8. The lowest BCUT2D eigenvalue weighted by molar-refractivity contribution is -0.151. The normalized spacial score (nSPS) is 29.8. The van der Waals surface area contributed by atoms with E-state index in [9.17, 15) is 4.79 Å². The van der Waals surface area contributed by atoms with E-state index in [-0.39, 0.29) is 24.2 Å². The van der Waals surface area contributed by atoms with E-state index in [1.807, 2.05) is 23.1 Å². The van der Waals surface area contributed by atoms with Gasteiger partial charge >= 0.3 is 0 Å². The number of carbonyl (C=O) groups is 1. The second-order valence-electron chi connectivity index (χ2n) is 7.59. The summed E-state index contributed by atoms with van der Waals surface area (Å²) in [6, 6.07) is 5.89. The maximum atomic E-state index is 12.8. The molecule has 0 N–H and O–H groups in total. The highest BCUT2D eigenvalue weighted by Gasteiger charge is 2.45. The molecule has 1 aromatic rings. The Kier molecular flexibility index (Phi) is 5.32. The fraction of sp³-hybridized carbons (Fsp3) is 0.700. The first kappa shape index (κ1) is 17.0. The van der Waals surface area contributed by atoms with Crippen molar-refractivity contribution in [3.05, 3.63) is 30.1 Å². The van der Waals surface area contributed by atoms with E-state index in [2.05, 4.69) is 4.98 Å². The van der Waals surface area contributed by atoms with Crippen LogP contribution in [0, 0.1) is 5.92 Å². The smallest absolute Gasteiger partial charge is 0.229 e. The first-order chi connectivity index (χ1) is 12.3. The highest BCUT2D eigenvalue weighted by Crippen LogP contribution is 2.34. The molecule has 1 saturated heterocycles. The number of ether oxygens (including phenoxy) is 2. The topological polar surface area (TPSA) is 51.7 Å². The number of amides is 1. The summed E-state index contributed by atoms with van der Waals surface area (Å²) in [6.45, 7) is 2.15. The second kappa shape index (κ2) is 7.83. The van der Waals surface area contributed by atoms with Crippen molar-refractivity contribution in [1.82, 2.24) is 9.88 Å². The van der Waals surface area contributed by atoms with Crippen molar-refractivity contribution in [1.29, 1.82) is 0 Å². The van der Waals surface area contributed by atoms with E-state index < -0.39 is 0 Å². The first-order valence-electron chi connectivity index (χ1n) is 9.74. The third-order valence-electron chi connectivity index (χ3n) is 5.94. The standard InChI is InChI=1S/C20H28N2O3/c23-19(13-16-7-3-4-10-21-16)22-11-12-24-20-17(22)8-9-18(20)25-14-15-5-1-2-6-15/h3-4,7,10,15,17-18,20H,1-2,5-6,8-9,11-14H2/t17-,18+,20+/m0/s1. The largest absolute Gasteiger partial charge is 0.375 e. The number of hydrogen-bond acceptors (Lipinski definition) is 4. The van der Waals surface area contributed by atoms with E-state index in [4.69, 9.17) is 9.47 Å². The van der Waals surface area contributed by atoms with Gasteiger partial charge in [0.2, 0.25) is 5.91 Å². The molecule has 1 amide bonds. The van der Waals surface area contributed by atoms with Crippen molar-refractivity contribution in [2.75, 3.05) is 19.8 Å². The number of hydrogen-bond donors (Lipinski definition) is 0. The summed E-state index contributed by atoms with van der Waals surface area (Å²) in [6.07, 6.45) is 9.58. The van der Waals surface area contributed by atoms with Gasteiger partial charge in [-0.15, -0.1) is 0 Å². The van der Waals surface area contributed by atoms with Gasteiger partial charge in [0.15, 0.2) is 0 Å². The van der Waals surface area contributed by atoms with Crippen LogP contribution < -0.4 is 0 Å². The summed E-state index contributed by atoms with van der Waals surface area (Å²) in [7, 11) is 0. The van der Waals surface area contributed by atoms with Crippen LogP contribution in [0.4, 0.5) is 0 Å². The SMILES string of the molecule is O=C(Cc1ccccn1)N1CCO[C@H]2[C@H](OCC3CCCC3)CC[C@@H]21. The lowest BCUT2D eigenvalue weighted by Gasteiger charge is -2.39. The average Bonchev–Trinajstić information content (AvgIpc) is 3.30. The minimum Gasteiger partial charge on any atom is -0.375 e. The molecule has 3 aliphatic rings. The highest BCUT2D eigenvalue weighted by molar-refractivity contribution is 5.79. The first-order valence-corrected chi connectivity index (χ1v) is 9.74. The fourth-order valence-corrected chi connectivity index (χ4v) is 4.60. The van der Waals surface area contributed by atoms with Crippen molar-refractivity contribution in [2.45, 2.75) is 63.2 Å². The van der Waals surface area contributed by atoms with Gasteiger partial charge in [-0.25, -0.2) is 0 Å². The molecule has 5 nitrogen and oxygen atoms in total. The number of morpholine rings is 1. The molecule has 2 saturated carbocycles. The molecule has 1 aromatic heterocycles. The van der Waals surface area contributed by atoms with Crippen molar-refractivity contribution < 1.29 is 14.3 Å². The maximum absolute atomic E-state index is 12.8. The molecule has 5 heteroatoms. The van der Waals surface area contributed by atoms with Gasteiger partial charge in [0.05, 0.1) is 25.2 Å². The summed E-state index contributed by atoms with van der Waals surface area (Å²) < 4.78 is 12.3. The predicted octanol–water partition coefficient (Wildman–Crippen LogP) is 2.59. The maximum Gasteiger partial charge on any atom is 0.229 e. The van der Waals surface area contributed by atoms with Crippen LogP contribution in [0.5, 0.6) is 0 Å². The van der Waals surface area contributed by atoms with E-state index in [0.717, 1.165) is 31.1 Å². The Balaban J connectivity index is 1.34. The minimum absolute atomic E-state index is 0.0443. The number of nitrogens with zero attached hydrogens (tertiary/aromatic N) is 2. The molecule has 3 fully saturated rings. The van der Waals surface area contributed by atoms with Gasteiger partial charge in [-0.2, -0.15) is 0 Å². The van der Waals surface area contributed by atoms with Gasteiger partial charge in [-0.1, -0.05) is 18.9 Å². The summed E-state index contributed by atoms with van der Waals surface area (Å²) in [5.41, 5.74) is 0.836. The van der Waals surface area contributed by atoms with Gasteiger partial charge in [-0.3, -0.25) is 9.78 Å². The van der Waals surface area contributed by atoms with Crippen molar-refractivity contribution in [3.8, 4) is 0 Å². The molecule has 3 atom stereocenters. The quantitative estimate of drug-likeness (QED) is 0.824. The summed E-state index contributed by atoms with van der Waals surface area (Å²) >= 11 is 0. The molecule has 0 bridgehead atoms. The lowest BCUT2D eigenvalue weighted by atomic mass is 10.1. The summed E-state index contributed by atoms with van der Waals surface area (Å²) in [5.74, 6) is 0.887. The van der Waals surface area contributed by atoms with Crippen LogP contribution >= 0.6 is 0 Å². The monoisotopic (exact) mass is 344 g/mol. The number of fused-ring (bicyclic) bond motifs is 1. The Morgan fingerprint density at radius 2 is 2.12 bits per heavy atom. The summed E-state index contributed by atoms with van der Waals surface area (Å²) in [4.78, 5) is 19.1. The zero-order chi connectivity index (χ0) is 17.1. The number of carbonyl (C=O) groups excluding carboxylic acids is 1. The van der Waals surface area contributed by atoms with Crippen LogP contribution in [0.3, 0.4) is 0 Å². The van der Waals surface area contributed by atoms with Crippen LogP contribution in [0.15, 0.2) is 24.4 Å². The highest BCUT2D eigenvalue weighted by atomic mass is 16.5. The van der Waals surface area contributed by atoms with E-state index in [1.54, 1.807) is 6.20 Å². The van der Waals surface area contributed by atoms with Gasteiger partial charge in [0.25, 0.3) is 0 Å². The van der Waals surface area contributed by atoms with E-state index in [0.29, 0.717) is 19.6 Å². The third-order valence-corrected chi connectivity index (χ3v) is 5.94. The van der Waals surface area contributed by atoms with Crippen molar-refractivity contribution >= 4 is 5.91 Å². The lowest BCUT2D eigenvalue weighted by Crippen LogP contribution is -2.54. The molecule has 1 aliphatic heterocycles. The van der Waals surface area contributed by atoms with Gasteiger partial charge < -0.3 is 14.4 Å². The van der Waals surface area contributed by atoms with Crippen molar-refractivity contribution in [3.63, 3.8) is 0 Å². The van der Waals surface area contributed by atoms with Gasteiger partial charge in [0.1, 0.15) is 6.10 Å². The molecule has 2 aliphatic carbocycles. The predicted molar refractivity (Wildman–Crippen MR) is 94.1 cm³/mol. The molecule has 0 radical (unpaired) electrons. The molecule has 25 heavy (non-hydrogen) atoms. The van der Waals surface area contributed by atoms with Crippen LogP contribution in [0.25, 0.3) is 0 Å². The zero-order valence-corrected chi connectivity index (χ0v) is 14.8. The second-order valence-corrected chi connectivity index (χ2v) is 7.59. The van der Waals surface area contributed by atoms with Crippen LogP contribution in [0.1, 0.15) is 44.2 Å². The van der Waals surface area contributed by atoms with E-state index >= 15 is 0 Å². The Morgan fingerprint density at radius 1 is 1.24 bits per heavy atom. The summed E-state index contributed by atoms with van der Waals surface area (Å²) in [5, 5.41) is 0. The Morgan fingerprint density at radius 3 is 2.92 bits per heavy atom. The third kappa shape index (κ3) is 3.87. The molecule has 0 aromatic carbocycles. The van der Waals surface area contributed by atoms with E-state index in [1.165, 1.54) is 25.7 Å². The molecular formula is C20H28N2O3. The Labute approximate surface area is 149 Å². The van der Waals surface area contributed by atoms with Crippen LogP contribution in [0.2, 0.25) is 0 Å². The molecule has 2 heterocycles. The van der Waals surface area contributed by atoms with Gasteiger partial charge in [0, 0.05) is 25.0 Å². The molecule has 4 rings (SSSR count). The number of pyridine rings is 1. The average molecular weight is 344 g/mol. The Hall–Kier alpha value is -1.46. The molecular weight excluding hydrogens is 316 g/mol. The fourth-order valence-electron chi connectivity index (χ4n) is 4.60. The Bertz CT molecular complexity index is 574. The number of rotatable bonds is 5. The van der Waals surface area contributed by atoms with Crippen LogP contribution in [-0.2, 0) is 20.7 Å². The molecule has 0 spiro atoms. The number of aromatic nitrogens is 1. The molecule has 136 valence electrons. The van der Waals surface area contributed by atoms with Crippen LogP contribution in [-0.4, -0.2) is 53.8 Å². The van der Waals surface area contributed by atoms with Gasteiger partial charge in [-0.05, 0) is 43.7 Å². The minimum atomic E-state index is 0.0443. The van der Waals surface area contributed by atoms with Crippen molar-refractivity contribution in [2.24, 2.45) is 5.92 Å².